The lowest BCUT2D eigenvalue weighted by molar-refractivity contribution is -0.176. The molecule has 0 bridgehead atoms. The van der Waals surface area contributed by atoms with E-state index in [4.69, 9.17) is 0 Å². The monoisotopic (exact) mass is 543 g/mol. The van der Waals surface area contributed by atoms with Crippen molar-refractivity contribution in [3.05, 3.63) is 12.7 Å². The van der Waals surface area contributed by atoms with Gasteiger partial charge in [0.1, 0.15) is 18.2 Å². The van der Waals surface area contributed by atoms with Crippen molar-refractivity contribution in [1.29, 1.82) is 0 Å². The van der Waals surface area contributed by atoms with E-state index in [9.17, 15) is 37.1 Å². The highest BCUT2D eigenvalue weighted by Crippen LogP contribution is 2.65. The van der Waals surface area contributed by atoms with Crippen LogP contribution in [0.15, 0.2) is 12.7 Å². The molecule has 212 valence electrons. The zero-order valence-corrected chi connectivity index (χ0v) is 22.2. The SMILES string of the molecule is C=CC(=O)N[C@H](C[C@@H]1CCNC1=O)NC(=O)[C@@H]1[C@@H]2[C@H](CN1C(=O)[C@@H](NC(=O)C(F)(F)F)C(C)(C)C)C2(C)C. The third-order valence-electron chi connectivity index (χ3n) is 7.91. The van der Waals surface area contributed by atoms with E-state index in [2.05, 4.69) is 22.5 Å². The second-order valence-corrected chi connectivity index (χ2v) is 11.9. The number of alkyl halides is 3. The summed E-state index contributed by atoms with van der Waals surface area (Å²) in [5, 5.41) is 9.84. The second kappa shape index (κ2) is 10.2. The van der Waals surface area contributed by atoms with Gasteiger partial charge in [0, 0.05) is 19.0 Å². The van der Waals surface area contributed by atoms with Crippen LogP contribution >= 0.6 is 0 Å². The van der Waals surface area contributed by atoms with Gasteiger partial charge in [0.05, 0.1) is 0 Å². The normalized spacial score (nSPS) is 27.5. The summed E-state index contributed by atoms with van der Waals surface area (Å²) >= 11 is 0. The molecule has 2 saturated heterocycles. The van der Waals surface area contributed by atoms with E-state index in [-0.39, 0.29) is 36.1 Å². The minimum Gasteiger partial charge on any atom is -0.356 e. The quantitative estimate of drug-likeness (QED) is 0.266. The fraction of sp³-hybridized carbons (Fsp3) is 0.720. The van der Waals surface area contributed by atoms with E-state index in [1.54, 1.807) is 0 Å². The molecular weight excluding hydrogens is 507 g/mol. The summed E-state index contributed by atoms with van der Waals surface area (Å²) in [6, 6.07) is -2.57. The highest BCUT2D eigenvalue weighted by Gasteiger charge is 2.70. The van der Waals surface area contributed by atoms with Crippen molar-refractivity contribution in [2.45, 2.75) is 71.9 Å². The van der Waals surface area contributed by atoms with E-state index < -0.39 is 59.4 Å². The molecule has 3 fully saturated rings. The Bertz CT molecular complexity index is 1020. The molecule has 6 atom stereocenters. The second-order valence-electron chi connectivity index (χ2n) is 11.9. The number of carbonyl (C=O) groups is 5. The first-order chi connectivity index (χ1) is 17.4. The van der Waals surface area contributed by atoms with Crippen LogP contribution in [0.5, 0.6) is 0 Å². The maximum absolute atomic E-state index is 13.6. The summed E-state index contributed by atoms with van der Waals surface area (Å²) in [4.78, 5) is 64.3. The van der Waals surface area contributed by atoms with Gasteiger partial charge in [0.15, 0.2) is 0 Å². The maximum Gasteiger partial charge on any atom is 0.471 e. The Morgan fingerprint density at radius 3 is 2.29 bits per heavy atom. The molecule has 0 unspecified atom stereocenters. The standard InChI is InChI=1S/C25H36F3N5O5/c1-7-15(34)30-14(10-12-8-9-29-19(12)35)31-20(36)17-16-13(24(16,5)6)11-33(17)21(37)18(23(2,3)4)32-22(38)25(26,27)28/h7,12-14,16-18H,1,8-11H2,2-6H3,(H,29,35)(H,30,34)(H,31,36)(H,32,38)/t12-,13-,14-,16-,17-,18+/m0/s1. The fourth-order valence-corrected chi connectivity index (χ4v) is 5.64. The number of piperidine rings is 1. The van der Waals surface area contributed by atoms with Crippen molar-refractivity contribution in [1.82, 2.24) is 26.2 Å². The summed E-state index contributed by atoms with van der Waals surface area (Å²) in [5.41, 5.74) is -1.38. The Hall–Kier alpha value is -3.12. The molecule has 2 heterocycles. The summed E-state index contributed by atoms with van der Waals surface area (Å²) in [5.74, 6) is -5.18. The van der Waals surface area contributed by atoms with Gasteiger partial charge in [-0.15, -0.1) is 0 Å². The number of hydrogen-bond acceptors (Lipinski definition) is 5. The van der Waals surface area contributed by atoms with Crippen LogP contribution in [0, 0.1) is 28.6 Å². The van der Waals surface area contributed by atoms with Crippen LogP contribution in [0.4, 0.5) is 13.2 Å². The van der Waals surface area contributed by atoms with Crippen molar-refractivity contribution >= 4 is 29.5 Å². The predicted molar refractivity (Wildman–Crippen MR) is 130 cm³/mol. The molecule has 0 aromatic heterocycles. The zero-order valence-electron chi connectivity index (χ0n) is 22.2. The van der Waals surface area contributed by atoms with Gasteiger partial charge in [0.25, 0.3) is 0 Å². The first-order valence-electron chi connectivity index (χ1n) is 12.6. The smallest absolute Gasteiger partial charge is 0.356 e. The largest absolute Gasteiger partial charge is 0.471 e. The lowest BCUT2D eigenvalue weighted by Crippen LogP contribution is -2.61. The van der Waals surface area contributed by atoms with E-state index in [1.807, 2.05) is 19.2 Å². The Kier molecular flexibility index (Phi) is 7.91. The third kappa shape index (κ3) is 5.96. The molecular formula is C25H36F3N5O5. The molecule has 2 aliphatic heterocycles. The molecule has 4 N–H and O–H groups in total. The summed E-state index contributed by atoms with van der Waals surface area (Å²) in [6.45, 7) is 12.5. The van der Waals surface area contributed by atoms with Crippen LogP contribution in [-0.2, 0) is 24.0 Å². The third-order valence-corrected chi connectivity index (χ3v) is 7.91. The van der Waals surface area contributed by atoms with Crippen LogP contribution in [-0.4, -0.2) is 72.0 Å². The molecule has 0 radical (unpaired) electrons. The average molecular weight is 544 g/mol. The van der Waals surface area contributed by atoms with Gasteiger partial charge >= 0.3 is 12.1 Å². The number of halogens is 3. The minimum atomic E-state index is -5.18. The van der Waals surface area contributed by atoms with Gasteiger partial charge < -0.3 is 26.2 Å². The van der Waals surface area contributed by atoms with Crippen LogP contribution in [0.25, 0.3) is 0 Å². The van der Waals surface area contributed by atoms with Crippen molar-refractivity contribution in [2.24, 2.45) is 28.6 Å². The number of carbonyl (C=O) groups excluding carboxylic acids is 5. The number of amides is 5. The number of rotatable bonds is 8. The first kappa shape index (κ1) is 29.4. The van der Waals surface area contributed by atoms with Crippen molar-refractivity contribution in [2.75, 3.05) is 13.1 Å². The van der Waals surface area contributed by atoms with Gasteiger partial charge in [-0.2, -0.15) is 13.2 Å². The predicted octanol–water partition coefficient (Wildman–Crippen LogP) is 0.833. The van der Waals surface area contributed by atoms with Crippen molar-refractivity contribution in [3.8, 4) is 0 Å². The molecule has 10 nitrogen and oxygen atoms in total. The number of fused-ring (bicyclic) bond motifs is 1. The Labute approximate surface area is 219 Å². The highest BCUT2D eigenvalue weighted by atomic mass is 19.4. The fourth-order valence-electron chi connectivity index (χ4n) is 5.64. The van der Waals surface area contributed by atoms with Gasteiger partial charge in [-0.1, -0.05) is 41.2 Å². The molecule has 1 saturated carbocycles. The van der Waals surface area contributed by atoms with Gasteiger partial charge in [-0.3, -0.25) is 24.0 Å². The van der Waals surface area contributed by atoms with Gasteiger partial charge in [-0.25, -0.2) is 0 Å². The van der Waals surface area contributed by atoms with Crippen molar-refractivity contribution < 1.29 is 37.1 Å². The van der Waals surface area contributed by atoms with Crippen LogP contribution in [0.1, 0.15) is 47.5 Å². The molecule has 0 aromatic rings. The van der Waals surface area contributed by atoms with E-state index in [0.717, 1.165) is 6.08 Å². The van der Waals surface area contributed by atoms with E-state index in [1.165, 1.54) is 25.7 Å². The van der Waals surface area contributed by atoms with E-state index in [0.29, 0.717) is 13.0 Å². The number of likely N-dealkylation sites (tertiary alicyclic amines) is 1. The summed E-state index contributed by atoms with van der Waals surface area (Å²) < 4.78 is 39.0. The summed E-state index contributed by atoms with van der Waals surface area (Å²) in [6.07, 6.45) is -4.47. The van der Waals surface area contributed by atoms with Crippen LogP contribution < -0.4 is 21.3 Å². The molecule has 38 heavy (non-hydrogen) atoms. The molecule has 5 amide bonds. The molecule has 13 heteroatoms. The molecule has 1 aliphatic carbocycles. The van der Waals surface area contributed by atoms with Crippen molar-refractivity contribution in [3.63, 3.8) is 0 Å². The van der Waals surface area contributed by atoms with E-state index >= 15 is 0 Å². The average Bonchev–Trinajstić information content (AvgIpc) is 3.15. The topological polar surface area (TPSA) is 137 Å². The Morgan fingerprint density at radius 2 is 1.79 bits per heavy atom. The zero-order chi connectivity index (χ0) is 28.8. The Balaban J connectivity index is 1.85. The lowest BCUT2D eigenvalue weighted by atomic mass is 9.85. The highest BCUT2D eigenvalue weighted by molar-refractivity contribution is 5.95. The molecule has 0 spiro atoms. The maximum atomic E-state index is 13.6. The van der Waals surface area contributed by atoms with Gasteiger partial charge in [-0.05, 0) is 41.6 Å². The first-order valence-corrected chi connectivity index (χ1v) is 12.6. The molecule has 3 aliphatic rings. The number of hydrogen-bond donors (Lipinski definition) is 4. The lowest BCUT2D eigenvalue weighted by Gasteiger charge is -2.38. The minimum absolute atomic E-state index is 0.0667. The number of nitrogens with zero attached hydrogens (tertiary/aromatic N) is 1. The molecule has 3 rings (SSSR count). The van der Waals surface area contributed by atoms with Gasteiger partial charge in [0.2, 0.25) is 23.6 Å². The van der Waals surface area contributed by atoms with Crippen LogP contribution in [0.3, 0.4) is 0 Å². The Morgan fingerprint density at radius 1 is 1.16 bits per heavy atom. The van der Waals surface area contributed by atoms with Crippen LogP contribution in [0.2, 0.25) is 0 Å². The summed E-state index contributed by atoms with van der Waals surface area (Å²) in [7, 11) is 0. The number of nitrogens with one attached hydrogen (secondary N) is 4. The molecule has 0 aromatic carbocycles.